The SMILES string of the molecule is CCn1c(C(C)C)ccc(-c2n[nH]c(=S)n2C(C)C)c1=O. The average Bonchev–Trinajstić information content (AvgIpc) is 2.79. The van der Waals surface area contributed by atoms with Crippen LogP contribution in [-0.4, -0.2) is 19.3 Å². The van der Waals surface area contributed by atoms with E-state index in [-0.39, 0.29) is 11.6 Å². The lowest BCUT2D eigenvalue weighted by atomic mass is 10.1. The molecular weight excluding hydrogens is 284 g/mol. The summed E-state index contributed by atoms with van der Waals surface area (Å²) in [5.41, 5.74) is 1.61. The highest BCUT2D eigenvalue weighted by Gasteiger charge is 2.17. The fraction of sp³-hybridized carbons (Fsp3) is 0.533. The van der Waals surface area contributed by atoms with Gasteiger partial charge in [-0.3, -0.25) is 14.5 Å². The molecule has 2 aromatic rings. The molecule has 5 nitrogen and oxygen atoms in total. The summed E-state index contributed by atoms with van der Waals surface area (Å²) in [6.45, 7) is 10.9. The molecule has 0 radical (unpaired) electrons. The van der Waals surface area contributed by atoms with E-state index in [0.29, 0.717) is 28.6 Å². The third kappa shape index (κ3) is 2.72. The quantitative estimate of drug-likeness (QED) is 0.880. The predicted molar refractivity (Wildman–Crippen MR) is 87.3 cm³/mol. The first-order valence-corrected chi connectivity index (χ1v) is 7.70. The Morgan fingerprint density at radius 2 is 1.95 bits per heavy atom. The Kier molecular flexibility index (Phi) is 4.46. The standard InChI is InChI=1S/C15H22N4OS/c1-6-18-12(9(2)3)8-7-11(14(18)20)13-16-17-15(21)19(13)10(4)5/h7-10H,6H2,1-5H3,(H,17,21). The summed E-state index contributed by atoms with van der Waals surface area (Å²) < 4.78 is 4.22. The molecular formula is C15H22N4OS. The van der Waals surface area contributed by atoms with Gasteiger partial charge in [0.25, 0.3) is 5.56 Å². The average molecular weight is 306 g/mol. The highest BCUT2D eigenvalue weighted by atomic mass is 32.1. The Hall–Kier alpha value is -1.69. The summed E-state index contributed by atoms with van der Waals surface area (Å²) in [5.74, 6) is 0.912. The van der Waals surface area contributed by atoms with E-state index in [9.17, 15) is 4.79 Å². The van der Waals surface area contributed by atoms with Gasteiger partial charge >= 0.3 is 0 Å². The van der Waals surface area contributed by atoms with Gasteiger partial charge in [0.15, 0.2) is 10.6 Å². The second kappa shape index (κ2) is 5.97. The van der Waals surface area contributed by atoms with E-state index in [4.69, 9.17) is 12.2 Å². The van der Waals surface area contributed by atoms with Crippen molar-refractivity contribution in [3.63, 3.8) is 0 Å². The number of aromatic amines is 1. The molecule has 0 aromatic carbocycles. The topological polar surface area (TPSA) is 55.6 Å². The number of aromatic nitrogens is 4. The number of hydrogen-bond acceptors (Lipinski definition) is 3. The minimum Gasteiger partial charge on any atom is -0.312 e. The molecule has 0 aliphatic heterocycles. The van der Waals surface area contributed by atoms with Gasteiger partial charge in [-0.2, -0.15) is 5.10 Å². The molecule has 0 saturated carbocycles. The smallest absolute Gasteiger partial charge is 0.261 e. The monoisotopic (exact) mass is 306 g/mol. The first-order valence-electron chi connectivity index (χ1n) is 7.29. The first-order chi connectivity index (χ1) is 9.88. The zero-order chi connectivity index (χ0) is 15.7. The van der Waals surface area contributed by atoms with E-state index in [0.717, 1.165) is 5.69 Å². The Balaban J connectivity index is 2.73. The van der Waals surface area contributed by atoms with Crippen LogP contribution in [0.4, 0.5) is 0 Å². The predicted octanol–water partition coefficient (Wildman–Crippen LogP) is 3.49. The summed E-state index contributed by atoms with van der Waals surface area (Å²) in [7, 11) is 0. The van der Waals surface area contributed by atoms with Crippen molar-refractivity contribution in [1.82, 2.24) is 19.3 Å². The molecule has 1 N–H and O–H groups in total. The summed E-state index contributed by atoms with van der Waals surface area (Å²) in [6.07, 6.45) is 0. The van der Waals surface area contributed by atoms with Crippen LogP contribution in [0.15, 0.2) is 16.9 Å². The van der Waals surface area contributed by atoms with Gasteiger partial charge in [-0.1, -0.05) is 13.8 Å². The number of nitrogens with zero attached hydrogens (tertiary/aromatic N) is 3. The van der Waals surface area contributed by atoms with E-state index < -0.39 is 0 Å². The fourth-order valence-corrected chi connectivity index (χ4v) is 2.91. The van der Waals surface area contributed by atoms with Gasteiger partial charge in [0.2, 0.25) is 0 Å². The number of nitrogens with one attached hydrogen (secondary N) is 1. The van der Waals surface area contributed by atoms with Gasteiger partial charge in [-0.25, -0.2) is 0 Å². The van der Waals surface area contributed by atoms with Gasteiger partial charge in [0.1, 0.15) is 0 Å². The molecule has 0 unspecified atom stereocenters. The van der Waals surface area contributed by atoms with Crippen molar-refractivity contribution in [2.45, 2.75) is 53.1 Å². The molecule has 0 atom stereocenters. The van der Waals surface area contributed by atoms with Gasteiger partial charge < -0.3 is 4.57 Å². The first kappa shape index (κ1) is 15.7. The van der Waals surface area contributed by atoms with E-state index in [1.165, 1.54) is 0 Å². The van der Waals surface area contributed by atoms with Crippen LogP contribution in [0.5, 0.6) is 0 Å². The fourth-order valence-electron chi connectivity index (χ4n) is 2.57. The number of rotatable bonds is 4. The molecule has 2 rings (SSSR count). The van der Waals surface area contributed by atoms with Crippen LogP contribution in [0, 0.1) is 4.77 Å². The van der Waals surface area contributed by atoms with Crippen molar-refractivity contribution in [3.8, 4) is 11.4 Å². The maximum atomic E-state index is 12.8. The van der Waals surface area contributed by atoms with Crippen molar-refractivity contribution in [2.75, 3.05) is 0 Å². The normalized spacial score (nSPS) is 11.6. The summed E-state index contributed by atoms with van der Waals surface area (Å²) in [6, 6.07) is 4.01. The minimum absolute atomic E-state index is 0.0143. The van der Waals surface area contributed by atoms with Gasteiger partial charge in [-0.05, 0) is 51.0 Å². The van der Waals surface area contributed by atoms with Crippen LogP contribution in [0.1, 0.15) is 52.3 Å². The maximum Gasteiger partial charge on any atom is 0.261 e. The molecule has 0 aliphatic carbocycles. The van der Waals surface area contributed by atoms with Crippen LogP contribution in [-0.2, 0) is 6.54 Å². The van der Waals surface area contributed by atoms with E-state index in [1.807, 2.05) is 42.0 Å². The largest absolute Gasteiger partial charge is 0.312 e. The van der Waals surface area contributed by atoms with E-state index >= 15 is 0 Å². The Bertz CT molecular complexity index is 752. The van der Waals surface area contributed by atoms with Crippen molar-refractivity contribution < 1.29 is 0 Å². The lowest BCUT2D eigenvalue weighted by Gasteiger charge is -2.16. The molecule has 0 bridgehead atoms. The second-order valence-corrected chi connectivity index (χ2v) is 6.08. The van der Waals surface area contributed by atoms with Crippen molar-refractivity contribution >= 4 is 12.2 Å². The Morgan fingerprint density at radius 1 is 1.29 bits per heavy atom. The molecule has 2 heterocycles. The van der Waals surface area contributed by atoms with Crippen LogP contribution in [0.3, 0.4) is 0 Å². The molecule has 0 fully saturated rings. The number of hydrogen-bond donors (Lipinski definition) is 1. The molecule has 2 aromatic heterocycles. The maximum absolute atomic E-state index is 12.8. The number of H-pyrrole nitrogens is 1. The van der Waals surface area contributed by atoms with Crippen LogP contribution in [0.2, 0.25) is 0 Å². The Labute approximate surface area is 129 Å². The molecule has 0 amide bonds. The third-order valence-corrected chi connectivity index (χ3v) is 3.87. The van der Waals surface area contributed by atoms with E-state index in [2.05, 4.69) is 24.0 Å². The third-order valence-electron chi connectivity index (χ3n) is 3.58. The summed E-state index contributed by atoms with van der Waals surface area (Å²) in [5, 5.41) is 7.04. The van der Waals surface area contributed by atoms with Crippen molar-refractivity contribution in [1.29, 1.82) is 0 Å². The minimum atomic E-state index is -0.0143. The number of pyridine rings is 1. The molecule has 0 spiro atoms. The lowest BCUT2D eigenvalue weighted by molar-refractivity contribution is 0.594. The van der Waals surface area contributed by atoms with Crippen LogP contribution in [0.25, 0.3) is 11.4 Å². The molecule has 6 heteroatoms. The van der Waals surface area contributed by atoms with Gasteiger partial charge in [0, 0.05) is 18.3 Å². The summed E-state index contributed by atoms with van der Waals surface area (Å²) in [4.78, 5) is 12.8. The van der Waals surface area contributed by atoms with Crippen molar-refractivity contribution in [3.05, 3.63) is 33.0 Å². The van der Waals surface area contributed by atoms with Crippen LogP contribution < -0.4 is 5.56 Å². The molecule has 0 saturated heterocycles. The van der Waals surface area contributed by atoms with Gasteiger partial charge in [0.05, 0.1) is 5.56 Å². The highest BCUT2D eigenvalue weighted by molar-refractivity contribution is 7.71. The van der Waals surface area contributed by atoms with Crippen molar-refractivity contribution in [2.24, 2.45) is 0 Å². The zero-order valence-corrected chi connectivity index (χ0v) is 14.0. The van der Waals surface area contributed by atoms with E-state index in [1.54, 1.807) is 0 Å². The lowest BCUT2D eigenvalue weighted by Crippen LogP contribution is -2.25. The molecule has 114 valence electrons. The highest BCUT2D eigenvalue weighted by Crippen LogP contribution is 2.20. The summed E-state index contributed by atoms with van der Waals surface area (Å²) >= 11 is 5.26. The van der Waals surface area contributed by atoms with Crippen LogP contribution >= 0.6 is 12.2 Å². The molecule has 0 aliphatic rings. The zero-order valence-electron chi connectivity index (χ0n) is 13.2. The Morgan fingerprint density at radius 3 is 2.48 bits per heavy atom. The van der Waals surface area contributed by atoms with Gasteiger partial charge in [-0.15, -0.1) is 0 Å². The second-order valence-electron chi connectivity index (χ2n) is 5.69. The molecule has 21 heavy (non-hydrogen) atoms.